The van der Waals surface area contributed by atoms with Gasteiger partial charge < -0.3 is 19.7 Å². The average molecular weight is 471 g/mol. The van der Waals surface area contributed by atoms with Crippen LogP contribution in [0.2, 0.25) is 0 Å². The Morgan fingerprint density at radius 2 is 1.00 bits per heavy atom. The highest BCUT2D eigenvalue weighted by atomic mass is 16.5. The van der Waals surface area contributed by atoms with Gasteiger partial charge in [-0.1, -0.05) is 78.1 Å². The van der Waals surface area contributed by atoms with Gasteiger partial charge in [0.25, 0.3) is 0 Å². The highest BCUT2D eigenvalue weighted by Gasteiger charge is 2.18. The Hall–Kier alpha value is -2.69. The molecule has 0 heterocycles. The lowest BCUT2D eigenvalue weighted by atomic mass is 10.0. The molecule has 0 aliphatic rings. The summed E-state index contributed by atoms with van der Waals surface area (Å²) >= 11 is 0. The van der Waals surface area contributed by atoms with Crippen molar-refractivity contribution in [2.45, 2.75) is 90.9 Å². The predicted molar refractivity (Wildman–Crippen MR) is 137 cm³/mol. The van der Waals surface area contributed by atoms with Crippen LogP contribution < -0.4 is 9.47 Å². The van der Waals surface area contributed by atoms with Crippen molar-refractivity contribution < 1.29 is 24.5 Å². The number of hydrogen-bond acceptors (Lipinski definition) is 5. The third-order valence-corrected chi connectivity index (χ3v) is 5.96. The first-order valence-electron chi connectivity index (χ1n) is 13.0. The molecule has 0 aliphatic heterocycles. The van der Waals surface area contributed by atoms with E-state index in [1.54, 1.807) is 12.1 Å². The zero-order valence-corrected chi connectivity index (χ0v) is 21.0. The molecule has 0 unspecified atom stereocenters. The Morgan fingerprint density at radius 1 is 0.618 bits per heavy atom. The number of phenols is 2. The maximum Gasteiger partial charge on any atom is 0.200 e. The molecule has 0 radical (unpaired) electrons. The highest BCUT2D eigenvalue weighted by Crippen LogP contribution is 2.31. The summed E-state index contributed by atoms with van der Waals surface area (Å²) in [7, 11) is 0. The van der Waals surface area contributed by atoms with E-state index in [-0.39, 0.29) is 22.6 Å². The largest absolute Gasteiger partial charge is 0.507 e. The van der Waals surface area contributed by atoms with E-state index in [0.717, 1.165) is 25.7 Å². The summed E-state index contributed by atoms with van der Waals surface area (Å²) < 4.78 is 11.4. The summed E-state index contributed by atoms with van der Waals surface area (Å²) in [5, 5.41) is 20.8. The van der Waals surface area contributed by atoms with E-state index in [2.05, 4.69) is 13.8 Å². The molecule has 2 aromatic carbocycles. The molecular weight excluding hydrogens is 428 g/mol. The molecule has 5 nitrogen and oxygen atoms in total. The lowest BCUT2D eigenvalue weighted by Gasteiger charge is -2.11. The minimum absolute atomic E-state index is 0.128. The van der Waals surface area contributed by atoms with Gasteiger partial charge >= 0.3 is 0 Å². The van der Waals surface area contributed by atoms with Gasteiger partial charge in [-0.05, 0) is 37.1 Å². The fourth-order valence-corrected chi connectivity index (χ4v) is 3.88. The van der Waals surface area contributed by atoms with Gasteiger partial charge in [0, 0.05) is 12.1 Å². The van der Waals surface area contributed by atoms with Crippen LogP contribution in [0.5, 0.6) is 23.0 Å². The van der Waals surface area contributed by atoms with E-state index >= 15 is 0 Å². The maximum atomic E-state index is 12.9. The Bertz CT molecular complexity index is 792. The normalized spacial score (nSPS) is 10.9. The van der Waals surface area contributed by atoms with Crippen molar-refractivity contribution in [3.8, 4) is 23.0 Å². The fraction of sp³-hybridized carbons (Fsp3) is 0.552. The number of rotatable bonds is 18. The number of aromatic hydroxyl groups is 2. The molecule has 0 amide bonds. The van der Waals surface area contributed by atoms with Crippen LogP contribution in [-0.2, 0) is 0 Å². The van der Waals surface area contributed by atoms with Crippen LogP contribution in [0, 0.1) is 0 Å². The SMILES string of the molecule is CCCCCCCCOc1ccc(C(=O)c2ccc(OCCCCCCCC)cc2O)c(O)c1. The first kappa shape index (κ1) is 27.6. The van der Waals surface area contributed by atoms with Gasteiger partial charge in [0.15, 0.2) is 5.78 Å². The molecule has 0 saturated carbocycles. The van der Waals surface area contributed by atoms with Gasteiger partial charge in [0.05, 0.1) is 24.3 Å². The van der Waals surface area contributed by atoms with Crippen LogP contribution in [0.3, 0.4) is 0 Å². The Balaban J connectivity index is 1.83. The molecule has 2 rings (SSSR count). The van der Waals surface area contributed by atoms with E-state index < -0.39 is 5.78 Å². The first-order chi connectivity index (χ1) is 16.6. The van der Waals surface area contributed by atoms with Crippen LogP contribution in [0.25, 0.3) is 0 Å². The molecule has 2 N–H and O–H groups in total. The molecule has 0 fully saturated rings. The Morgan fingerprint density at radius 3 is 1.38 bits per heavy atom. The quantitative estimate of drug-likeness (QED) is 0.172. The summed E-state index contributed by atoms with van der Waals surface area (Å²) in [6, 6.07) is 9.35. The number of unbranched alkanes of at least 4 members (excludes halogenated alkanes) is 10. The van der Waals surface area contributed by atoms with Crippen molar-refractivity contribution in [2.75, 3.05) is 13.2 Å². The molecule has 2 aromatic rings. The van der Waals surface area contributed by atoms with Crippen LogP contribution in [-0.4, -0.2) is 29.2 Å². The number of benzene rings is 2. The van der Waals surface area contributed by atoms with Gasteiger partial charge in [0.2, 0.25) is 0 Å². The lowest BCUT2D eigenvalue weighted by Crippen LogP contribution is -2.04. The van der Waals surface area contributed by atoms with Gasteiger partial charge in [-0.15, -0.1) is 0 Å². The molecule has 0 bridgehead atoms. The molecule has 5 heteroatoms. The topological polar surface area (TPSA) is 76.0 Å². The minimum atomic E-state index is -0.444. The third kappa shape index (κ3) is 9.66. The van der Waals surface area contributed by atoms with Gasteiger partial charge in [-0.2, -0.15) is 0 Å². The third-order valence-electron chi connectivity index (χ3n) is 5.96. The summed E-state index contributed by atoms with van der Waals surface area (Å²) in [6.45, 7) is 5.57. The summed E-state index contributed by atoms with van der Waals surface area (Å²) in [4.78, 5) is 12.9. The van der Waals surface area contributed by atoms with Crippen molar-refractivity contribution in [2.24, 2.45) is 0 Å². The van der Waals surface area contributed by atoms with E-state index in [1.165, 1.54) is 75.6 Å². The van der Waals surface area contributed by atoms with E-state index in [0.29, 0.717) is 24.7 Å². The molecule has 0 aromatic heterocycles. The van der Waals surface area contributed by atoms with Crippen LogP contribution in [0.15, 0.2) is 36.4 Å². The van der Waals surface area contributed by atoms with Crippen LogP contribution in [0.1, 0.15) is 107 Å². The Labute approximate surface area is 205 Å². The smallest absolute Gasteiger partial charge is 0.200 e. The van der Waals surface area contributed by atoms with Gasteiger partial charge in [0.1, 0.15) is 23.0 Å². The van der Waals surface area contributed by atoms with Crippen molar-refractivity contribution in [1.29, 1.82) is 0 Å². The number of ether oxygens (including phenoxy) is 2. The maximum absolute atomic E-state index is 12.9. The van der Waals surface area contributed by atoms with Crippen molar-refractivity contribution >= 4 is 5.78 Å². The van der Waals surface area contributed by atoms with E-state index in [9.17, 15) is 15.0 Å². The zero-order valence-electron chi connectivity index (χ0n) is 21.0. The number of phenolic OH excluding ortho intramolecular Hbond substituents is 2. The minimum Gasteiger partial charge on any atom is -0.507 e. The molecule has 0 saturated heterocycles. The first-order valence-corrected chi connectivity index (χ1v) is 13.0. The number of ketones is 1. The van der Waals surface area contributed by atoms with Crippen LogP contribution >= 0.6 is 0 Å². The van der Waals surface area contributed by atoms with E-state index in [1.807, 2.05) is 0 Å². The molecular formula is C29H42O5. The molecule has 0 spiro atoms. The van der Waals surface area contributed by atoms with Crippen molar-refractivity contribution in [1.82, 2.24) is 0 Å². The monoisotopic (exact) mass is 470 g/mol. The summed E-state index contributed by atoms with van der Waals surface area (Å²) in [6.07, 6.45) is 14.1. The van der Waals surface area contributed by atoms with Crippen molar-refractivity contribution in [3.63, 3.8) is 0 Å². The zero-order chi connectivity index (χ0) is 24.6. The van der Waals surface area contributed by atoms with E-state index in [4.69, 9.17) is 9.47 Å². The highest BCUT2D eigenvalue weighted by molar-refractivity contribution is 6.12. The lowest BCUT2D eigenvalue weighted by molar-refractivity contribution is 0.103. The Kier molecular flexibility index (Phi) is 13.0. The number of carbonyl (C=O) groups is 1. The molecule has 0 atom stereocenters. The average Bonchev–Trinajstić information content (AvgIpc) is 2.83. The number of hydrogen-bond donors (Lipinski definition) is 2. The molecule has 0 aliphatic carbocycles. The summed E-state index contributed by atoms with van der Waals surface area (Å²) in [5.41, 5.74) is 0.255. The number of carbonyl (C=O) groups excluding carboxylic acids is 1. The second kappa shape index (κ2) is 16.0. The van der Waals surface area contributed by atoms with Crippen LogP contribution in [0.4, 0.5) is 0 Å². The molecule has 34 heavy (non-hydrogen) atoms. The predicted octanol–water partition coefficient (Wildman–Crippen LogP) is 7.81. The van der Waals surface area contributed by atoms with Crippen molar-refractivity contribution in [3.05, 3.63) is 47.5 Å². The summed E-state index contributed by atoms with van der Waals surface area (Å²) in [5.74, 6) is 0.303. The fourth-order valence-electron chi connectivity index (χ4n) is 3.88. The second-order valence-corrected chi connectivity index (χ2v) is 8.92. The van der Waals surface area contributed by atoms with Gasteiger partial charge in [-0.25, -0.2) is 0 Å². The van der Waals surface area contributed by atoms with Gasteiger partial charge in [-0.3, -0.25) is 4.79 Å². The standard InChI is InChI=1S/C29H42O5/c1-3-5-7-9-11-13-19-33-23-15-17-25(27(30)21-23)29(32)26-18-16-24(22-28(26)31)34-20-14-12-10-8-6-4-2/h15-18,21-22,30-31H,3-14,19-20H2,1-2H3. The molecule has 188 valence electrons. The second-order valence-electron chi connectivity index (χ2n) is 8.92.